The van der Waals surface area contributed by atoms with Crippen molar-refractivity contribution in [1.29, 1.82) is 0 Å². The largest absolute Gasteiger partial charge is 0.399 e. The molecule has 6 heteroatoms. The van der Waals surface area contributed by atoms with Crippen LogP contribution in [0.15, 0.2) is 41.5 Å². The van der Waals surface area contributed by atoms with Crippen LogP contribution in [0.1, 0.15) is 49.7 Å². The summed E-state index contributed by atoms with van der Waals surface area (Å²) >= 11 is 0. The van der Waals surface area contributed by atoms with Crippen LogP contribution in [0.3, 0.4) is 0 Å². The van der Waals surface area contributed by atoms with Gasteiger partial charge in [-0.1, -0.05) is 36.5 Å². The first kappa shape index (κ1) is 21.3. The van der Waals surface area contributed by atoms with Gasteiger partial charge in [0, 0.05) is 29.3 Å². The number of aryl methyl sites for hydroxylation is 2. The van der Waals surface area contributed by atoms with E-state index in [1.807, 2.05) is 38.1 Å². The van der Waals surface area contributed by atoms with Gasteiger partial charge in [-0.05, 0) is 78.7 Å². The Kier molecular flexibility index (Phi) is 8.37. The lowest BCUT2D eigenvalue weighted by Gasteiger charge is -2.11. The molecule has 2 rings (SSSR count). The third kappa shape index (κ3) is 6.63. The number of unbranched alkanes of at least 4 members (excludes halogenated alkanes) is 4. The highest BCUT2D eigenvalue weighted by Gasteiger charge is 2.07. The van der Waals surface area contributed by atoms with Crippen molar-refractivity contribution < 1.29 is 4.79 Å². The number of carbonyl (C=O) groups excluding carboxylic acids is 1. The van der Waals surface area contributed by atoms with E-state index in [0.29, 0.717) is 13.0 Å². The summed E-state index contributed by atoms with van der Waals surface area (Å²) in [5.74, 6) is 0.0493. The number of rotatable bonds is 10. The molecule has 0 heterocycles. The van der Waals surface area contributed by atoms with Crippen LogP contribution in [0.5, 0.6) is 0 Å². The molecule has 28 heavy (non-hydrogen) atoms. The van der Waals surface area contributed by atoms with Crippen molar-refractivity contribution in [2.24, 2.45) is 5.11 Å². The predicted octanol–water partition coefficient (Wildman–Crippen LogP) is 6.14. The number of nitrogen functional groups attached to an aromatic ring is 1. The molecule has 6 nitrogen and oxygen atoms in total. The summed E-state index contributed by atoms with van der Waals surface area (Å²) in [6.45, 7) is 4.57. The molecule has 0 fully saturated rings. The normalized spacial score (nSPS) is 10.4. The molecule has 2 aromatic carbocycles. The standard InChI is InChI=1S/C22H29N5O/c1-16-14-18(9-11-20(16)23)19-10-12-21(17(2)15-19)26-22(28)8-6-4-3-5-7-13-25-27-24/h9-12,14-15H,3-8,13,23H2,1-2H3,(H,26,28). The molecule has 0 aliphatic heterocycles. The zero-order chi connectivity index (χ0) is 20.4. The molecule has 148 valence electrons. The summed E-state index contributed by atoms with van der Waals surface area (Å²) in [5.41, 5.74) is 20.1. The smallest absolute Gasteiger partial charge is 0.224 e. The highest BCUT2D eigenvalue weighted by molar-refractivity contribution is 5.91. The highest BCUT2D eigenvalue weighted by Crippen LogP contribution is 2.27. The van der Waals surface area contributed by atoms with E-state index in [1.165, 1.54) is 0 Å². The van der Waals surface area contributed by atoms with E-state index in [0.717, 1.165) is 65.7 Å². The minimum atomic E-state index is 0.0493. The van der Waals surface area contributed by atoms with Crippen LogP contribution in [0, 0.1) is 13.8 Å². The van der Waals surface area contributed by atoms with Crippen LogP contribution in [-0.4, -0.2) is 12.5 Å². The molecule has 2 aromatic rings. The molecule has 0 saturated heterocycles. The SMILES string of the molecule is Cc1cc(-c2ccc(NC(=O)CCCCCCCN=[N+]=[N-])c(C)c2)ccc1N. The van der Waals surface area contributed by atoms with Gasteiger partial charge in [0.25, 0.3) is 0 Å². The maximum absolute atomic E-state index is 12.2. The van der Waals surface area contributed by atoms with E-state index in [4.69, 9.17) is 11.3 Å². The van der Waals surface area contributed by atoms with Crippen molar-refractivity contribution >= 4 is 17.3 Å². The number of hydrogen-bond acceptors (Lipinski definition) is 3. The van der Waals surface area contributed by atoms with Gasteiger partial charge in [0.15, 0.2) is 0 Å². The maximum Gasteiger partial charge on any atom is 0.224 e. The minimum Gasteiger partial charge on any atom is -0.399 e. The van der Waals surface area contributed by atoms with Crippen LogP contribution in [-0.2, 0) is 4.79 Å². The number of hydrogen-bond donors (Lipinski definition) is 2. The number of carbonyl (C=O) groups is 1. The zero-order valence-electron chi connectivity index (χ0n) is 16.7. The van der Waals surface area contributed by atoms with E-state index >= 15 is 0 Å². The Morgan fingerprint density at radius 1 is 1.00 bits per heavy atom. The second-order valence-corrected chi connectivity index (χ2v) is 7.12. The van der Waals surface area contributed by atoms with Crippen molar-refractivity contribution in [2.75, 3.05) is 17.6 Å². The number of benzene rings is 2. The van der Waals surface area contributed by atoms with E-state index < -0.39 is 0 Å². The number of azide groups is 1. The Bertz CT molecular complexity index is 856. The third-order valence-electron chi connectivity index (χ3n) is 4.83. The van der Waals surface area contributed by atoms with E-state index in [2.05, 4.69) is 27.5 Å². The van der Waals surface area contributed by atoms with E-state index in [9.17, 15) is 4.79 Å². The number of nitrogens with one attached hydrogen (secondary N) is 1. The summed E-state index contributed by atoms with van der Waals surface area (Å²) in [6.07, 6.45) is 5.41. The fourth-order valence-corrected chi connectivity index (χ4v) is 3.09. The third-order valence-corrected chi connectivity index (χ3v) is 4.83. The van der Waals surface area contributed by atoms with Gasteiger partial charge < -0.3 is 11.1 Å². The second kappa shape index (κ2) is 11.0. The number of anilines is 2. The summed E-state index contributed by atoms with van der Waals surface area (Å²) in [6, 6.07) is 12.1. The van der Waals surface area contributed by atoms with Crippen molar-refractivity contribution in [3.8, 4) is 11.1 Å². The van der Waals surface area contributed by atoms with Crippen molar-refractivity contribution in [3.63, 3.8) is 0 Å². The Morgan fingerprint density at radius 2 is 1.64 bits per heavy atom. The topological polar surface area (TPSA) is 104 Å². The lowest BCUT2D eigenvalue weighted by atomic mass is 10.00. The van der Waals surface area contributed by atoms with Gasteiger partial charge in [0.2, 0.25) is 5.91 Å². The number of nitrogens with zero attached hydrogens (tertiary/aromatic N) is 3. The molecule has 0 aliphatic rings. The molecule has 0 radical (unpaired) electrons. The molecule has 0 unspecified atom stereocenters. The zero-order valence-corrected chi connectivity index (χ0v) is 16.7. The first-order valence-electron chi connectivity index (χ1n) is 9.79. The van der Waals surface area contributed by atoms with Gasteiger partial charge in [-0.25, -0.2) is 0 Å². The fraction of sp³-hybridized carbons (Fsp3) is 0.409. The molecule has 0 aliphatic carbocycles. The molecule has 0 aromatic heterocycles. The van der Waals surface area contributed by atoms with Gasteiger partial charge in [0.1, 0.15) is 0 Å². The average Bonchev–Trinajstić information content (AvgIpc) is 2.67. The Balaban J connectivity index is 1.81. The molecule has 0 spiro atoms. The van der Waals surface area contributed by atoms with Gasteiger partial charge >= 0.3 is 0 Å². The van der Waals surface area contributed by atoms with Crippen LogP contribution >= 0.6 is 0 Å². The summed E-state index contributed by atoms with van der Waals surface area (Å²) in [7, 11) is 0. The summed E-state index contributed by atoms with van der Waals surface area (Å²) in [5, 5.41) is 6.53. The van der Waals surface area contributed by atoms with Crippen LogP contribution < -0.4 is 11.1 Å². The van der Waals surface area contributed by atoms with Crippen LogP contribution in [0.4, 0.5) is 11.4 Å². The van der Waals surface area contributed by atoms with Crippen molar-refractivity contribution in [2.45, 2.75) is 52.4 Å². The highest BCUT2D eigenvalue weighted by atomic mass is 16.1. The van der Waals surface area contributed by atoms with Gasteiger partial charge in [-0.2, -0.15) is 0 Å². The molecule has 0 atom stereocenters. The molecule has 3 N–H and O–H groups in total. The Hall–Kier alpha value is -2.98. The Labute approximate surface area is 166 Å². The molecule has 1 amide bonds. The van der Waals surface area contributed by atoms with Gasteiger partial charge in [0.05, 0.1) is 0 Å². The molecule has 0 saturated carbocycles. The minimum absolute atomic E-state index is 0.0493. The van der Waals surface area contributed by atoms with Crippen molar-refractivity contribution in [3.05, 3.63) is 58.0 Å². The predicted molar refractivity (Wildman–Crippen MR) is 116 cm³/mol. The van der Waals surface area contributed by atoms with Gasteiger partial charge in [-0.3, -0.25) is 4.79 Å². The number of nitrogens with two attached hydrogens (primary N) is 1. The molecular formula is C22H29N5O. The average molecular weight is 380 g/mol. The number of amides is 1. The lowest BCUT2D eigenvalue weighted by Crippen LogP contribution is -2.12. The monoisotopic (exact) mass is 379 g/mol. The van der Waals surface area contributed by atoms with E-state index in [-0.39, 0.29) is 5.91 Å². The first-order chi connectivity index (χ1) is 13.5. The second-order valence-electron chi connectivity index (χ2n) is 7.12. The lowest BCUT2D eigenvalue weighted by molar-refractivity contribution is -0.116. The van der Waals surface area contributed by atoms with Crippen LogP contribution in [0.25, 0.3) is 21.6 Å². The summed E-state index contributed by atoms with van der Waals surface area (Å²) < 4.78 is 0. The quantitative estimate of drug-likeness (QED) is 0.170. The van der Waals surface area contributed by atoms with Crippen molar-refractivity contribution in [1.82, 2.24) is 0 Å². The maximum atomic E-state index is 12.2. The molecular weight excluding hydrogens is 350 g/mol. The first-order valence-corrected chi connectivity index (χ1v) is 9.79. The fourth-order valence-electron chi connectivity index (χ4n) is 3.09. The van der Waals surface area contributed by atoms with Crippen LogP contribution in [0.2, 0.25) is 0 Å². The van der Waals surface area contributed by atoms with E-state index in [1.54, 1.807) is 0 Å². The Morgan fingerprint density at radius 3 is 2.32 bits per heavy atom. The molecule has 0 bridgehead atoms. The van der Waals surface area contributed by atoms with Gasteiger partial charge in [-0.15, -0.1) is 0 Å². The summed E-state index contributed by atoms with van der Waals surface area (Å²) in [4.78, 5) is 14.9.